The second-order valence-electron chi connectivity index (χ2n) is 4.29. The summed E-state index contributed by atoms with van der Waals surface area (Å²) in [6, 6.07) is 0.0330. The quantitative estimate of drug-likeness (QED) is 0.708. The van der Waals surface area contributed by atoms with Crippen molar-refractivity contribution in [3.63, 3.8) is 0 Å². The molecule has 1 rings (SSSR count). The smallest absolute Gasteiger partial charge is 0.106 e. The third-order valence-corrected chi connectivity index (χ3v) is 2.67. The van der Waals surface area contributed by atoms with Crippen LogP contribution in [0.3, 0.4) is 0 Å². The van der Waals surface area contributed by atoms with Gasteiger partial charge in [-0.25, -0.2) is 4.98 Å². The van der Waals surface area contributed by atoms with Crippen LogP contribution >= 0.6 is 0 Å². The van der Waals surface area contributed by atoms with E-state index in [9.17, 15) is 0 Å². The number of aromatic amines is 1. The molecule has 1 aromatic rings. The van der Waals surface area contributed by atoms with Crippen molar-refractivity contribution in [2.24, 2.45) is 5.73 Å². The highest BCUT2D eigenvalue weighted by molar-refractivity contribution is 5.16. The van der Waals surface area contributed by atoms with Gasteiger partial charge >= 0.3 is 0 Å². The first-order valence-electron chi connectivity index (χ1n) is 5.96. The van der Waals surface area contributed by atoms with Gasteiger partial charge in [0.05, 0.1) is 5.69 Å². The van der Waals surface area contributed by atoms with Gasteiger partial charge in [0.25, 0.3) is 0 Å². The first-order valence-corrected chi connectivity index (χ1v) is 5.96. The Bertz CT molecular complexity index is 289. The van der Waals surface area contributed by atoms with E-state index in [4.69, 9.17) is 5.73 Å². The monoisotopic (exact) mass is 209 g/mol. The lowest BCUT2D eigenvalue weighted by Gasteiger charge is -2.00. The van der Waals surface area contributed by atoms with Gasteiger partial charge in [-0.15, -0.1) is 0 Å². The molecule has 0 bridgehead atoms. The van der Waals surface area contributed by atoms with Gasteiger partial charge in [-0.2, -0.15) is 0 Å². The van der Waals surface area contributed by atoms with Crippen molar-refractivity contribution in [3.05, 3.63) is 17.2 Å². The summed E-state index contributed by atoms with van der Waals surface area (Å²) >= 11 is 0. The van der Waals surface area contributed by atoms with Crippen LogP contribution in [0.15, 0.2) is 0 Å². The highest BCUT2D eigenvalue weighted by Gasteiger charge is 2.09. The molecule has 0 radical (unpaired) electrons. The standard InChI is InChI=1S/C12H23N3/c1-4-5-6-7-8-11-14-10(3)12(15-11)9(2)13/h9H,4-8,13H2,1-3H3,(H,14,15). The Hall–Kier alpha value is -0.830. The summed E-state index contributed by atoms with van der Waals surface area (Å²) in [4.78, 5) is 7.84. The fourth-order valence-electron chi connectivity index (χ4n) is 1.82. The van der Waals surface area contributed by atoms with E-state index < -0.39 is 0 Å². The maximum atomic E-state index is 5.82. The van der Waals surface area contributed by atoms with Crippen LogP contribution in [0.5, 0.6) is 0 Å². The van der Waals surface area contributed by atoms with E-state index in [0.717, 1.165) is 23.6 Å². The summed E-state index contributed by atoms with van der Waals surface area (Å²) in [7, 11) is 0. The first kappa shape index (κ1) is 12.2. The van der Waals surface area contributed by atoms with Gasteiger partial charge in [-0.3, -0.25) is 0 Å². The molecule has 0 fully saturated rings. The average Bonchev–Trinajstić information content (AvgIpc) is 2.55. The van der Waals surface area contributed by atoms with Gasteiger partial charge < -0.3 is 10.7 Å². The third kappa shape index (κ3) is 3.67. The normalized spacial score (nSPS) is 13.1. The number of aryl methyl sites for hydroxylation is 2. The number of hydrogen-bond donors (Lipinski definition) is 2. The van der Waals surface area contributed by atoms with E-state index in [2.05, 4.69) is 16.9 Å². The van der Waals surface area contributed by atoms with Crippen LogP contribution in [0.2, 0.25) is 0 Å². The van der Waals surface area contributed by atoms with Crippen molar-refractivity contribution in [1.82, 2.24) is 9.97 Å². The zero-order chi connectivity index (χ0) is 11.3. The van der Waals surface area contributed by atoms with Crippen molar-refractivity contribution < 1.29 is 0 Å². The fraction of sp³-hybridized carbons (Fsp3) is 0.750. The fourth-order valence-corrected chi connectivity index (χ4v) is 1.82. The Morgan fingerprint density at radius 1 is 1.33 bits per heavy atom. The van der Waals surface area contributed by atoms with Crippen LogP contribution < -0.4 is 5.73 Å². The van der Waals surface area contributed by atoms with Crippen LogP contribution in [-0.2, 0) is 6.42 Å². The maximum Gasteiger partial charge on any atom is 0.106 e. The largest absolute Gasteiger partial charge is 0.346 e. The number of nitrogens with one attached hydrogen (secondary N) is 1. The second-order valence-corrected chi connectivity index (χ2v) is 4.29. The zero-order valence-electron chi connectivity index (χ0n) is 10.1. The Labute approximate surface area is 92.5 Å². The number of unbranched alkanes of at least 4 members (excludes halogenated alkanes) is 3. The van der Waals surface area contributed by atoms with E-state index in [1.807, 2.05) is 13.8 Å². The number of aromatic nitrogens is 2. The van der Waals surface area contributed by atoms with Gasteiger partial charge in [0, 0.05) is 18.2 Å². The summed E-state index contributed by atoms with van der Waals surface area (Å²) in [5.41, 5.74) is 7.96. The van der Waals surface area contributed by atoms with Crippen molar-refractivity contribution >= 4 is 0 Å². The third-order valence-electron chi connectivity index (χ3n) is 2.67. The molecule has 0 saturated carbocycles. The summed E-state index contributed by atoms with van der Waals surface area (Å²) in [6.07, 6.45) is 6.17. The average molecular weight is 209 g/mol. The molecule has 1 heterocycles. The zero-order valence-corrected chi connectivity index (χ0v) is 10.1. The minimum atomic E-state index is 0.0330. The van der Waals surface area contributed by atoms with Crippen molar-refractivity contribution in [3.8, 4) is 0 Å². The molecule has 1 aromatic heterocycles. The number of nitrogens with zero attached hydrogens (tertiary/aromatic N) is 1. The highest BCUT2D eigenvalue weighted by Crippen LogP contribution is 2.13. The predicted molar refractivity (Wildman–Crippen MR) is 63.8 cm³/mol. The molecule has 3 nitrogen and oxygen atoms in total. The van der Waals surface area contributed by atoms with Crippen LogP contribution in [0, 0.1) is 6.92 Å². The first-order chi connectivity index (χ1) is 7.15. The molecular weight excluding hydrogens is 186 g/mol. The van der Waals surface area contributed by atoms with E-state index >= 15 is 0 Å². The number of hydrogen-bond acceptors (Lipinski definition) is 2. The van der Waals surface area contributed by atoms with E-state index in [1.165, 1.54) is 25.7 Å². The molecule has 1 atom stereocenters. The molecule has 3 N–H and O–H groups in total. The molecule has 0 aliphatic rings. The molecule has 0 spiro atoms. The maximum absolute atomic E-state index is 5.82. The highest BCUT2D eigenvalue weighted by atomic mass is 15.0. The van der Waals surface area contributed by atoms with Crippen molar-refractivity contribution in [2.75, 3.05) is 0 Å². The molecule has 0 saturated heterocycles. The molecular formula is C12H23N3. The number of H-pyrrole nitrogens is 1. The summed E-state index contributed by atoms with van der Waals surface area (Å²) in [5.74, 6) is 1.09. The molecule has 0 amide bonds. The Balaban J connectivity index is 2.45. The minimum Gasteiger partial charge on any atom is -0.346 e. The lowest BCUT2D eigenvalue weighted by Crippen LogP contribution is -2.06. The van der Waals surface area contributed by atoms with Gasteiger partial charge in [-0.05, 0) is 20.3 Å². The van der Waals surface area contributed by atoms with Gasteiger partial charge in [0.2, 0.25) is 0 Å². The number of nitrogens with two attached hydrogens (primary N) is 1. The van der Waals surface area contributed by atoms with Crippen LogP contribution in [0.4, 0.5) is 0 Å². The van der Waals surface area contributed by atoms with Crippen molar-refractivity contribution in [1.29, 1.82) is 0 Å². The van der Waals surface area contributed by atoms with Gasteiger partial charge in [-0.1, -0.05) is 26.2 Å². The SMILES string of the molecule is CCCCCCc1nc(C(C)N)c(C)[nH]1. The minimum absolute atomic E-state index is 0.0330. The lowest BCUT2D eigenvalue weighted by molar-refractivity contribution is 0.653. The van der Waals surface area contributed by atoms with Crippen molar-refractivity contribution in [2.45, 2.75) is 58.9 Å². The lowest BCUT2D eigenvalue weighted by atomic mass is 10.1. The number of rotatable bonds is 6. The molecule has 1 unspecified atom stereocenters. The summed E-state index contributed by atoms with van der Waals surface area (Å²) < 4.78 is 0. The molecule has 3 heteroatoms. The molecule has 15 heavy (non-hydrogen) atoms. The Morgan fingerprint density at radius 3 is 2.60 bits per heavy atom. The Kier molecular flexibility index (Phi) is 4.82. The van der Waals surface area contributed by atoms with Crippen LogP contribution in [0.1, 0.15) is 62.8 Å². The van der Waals surface area contributed by atoms with Crippen LogP contribution in [-0.4, -0.2) is 9.97 Å². The molecule has 0 aromatic carbocycles. The Morgan fingerprint density at radius 2 is 2.07 bits per heavy atom. The van der Waals surface area contributed by atoms with Crippen LogP contribution in [0.25, 0.3) is 0 Å². The van der Waals surface area contributed by atoms with E-state index in [-0.39, 0.29) is 6.04 Å². The topological polar surface area (TPSA) is 54.7 Å². The number of imidazole rings is 1. The van der Waals surface area contributed by atoms with Gasteiger partial charge in [0.15, 0.2) is 0 Å². The predicted octanol–water partition coefficient (Wildman–Crippen LogP) is 2.86. The molecule has 0 aliphatic heterocycles. The van der Waals surface area contributed by atoms with E-state index in [0.29, 0.717) is 0 Å². The van der Waals surface area contributed by atoms with E-state index in [1.54, 1.807) is 0 Å². The molecule has 0 aliphatic carbocycles. The van der Waals surface area contributed by atoms with Gasteiger partial charge in [0.1, 0.15) is 5.82 Å². The summed E-state index contributed by atoms with van der Waals surface area (Å²) in [5, 5.41) is 0. The summed E-state index contributed by atoms with van der Waals surface area (Å²) in [6.45, 7) is 6.25. The second kappa shape index (κ2) is 5.91. The molecule has 86 valence electrons.